The maximum absolute atomic E-state index is 9.16. The first-order chi connectivity index (χ1) is 8.65. The molecule has 0 atom stereocenters. The Balaban J connectivity index is 2.31. The quantitative estimate of drug-likeness (QED) is 0.430. The first-order valence-corrected chi connectivity index (χ1v) is 7.77. The van der Waals surface area contributed by atoms with E-state index in [-0.39, 0.29) is 5.75 Å². The molecule has 0 saturated carbocycles. The third-order valence-electron chi connectivity index (χ3n) is 2.79. The molecule has 0 unspecified atom stereocenters. The van der Waals surface area contributed by atoms with Crippen molar-refractivity contribution in [3.8, 4) is 5.75 Å². The molecule has 0 aliphatic heterocycles. The average molecular weight is 271 g/mol. The van der Waals surface area contributed by atoms with Gasteiger partial charge in [-0.15, -0.1) is 0 Å². The van der Waals surface area contributed by atoms with E-state index in [4.69, 9.17) is 18.4 Å². The van der Waals surface area contributed by atoms with E-state index in [0.717, 1.165) is 24.7 Å². The summed E-state index contributed by atoms with van der Waals surface area (Å²) in [7, 11) is 2.41. The molecule has 0 spiro atoms. The summed E-state index contributed by atoms with van der Waals surface area (Å²) in [6.07, 6.45) is 0.891. The Hall–Kier alpha value is -1.08. The molecule has 6 heteroatoms. The molecule has 5 nitrogen and oxygen atoms in total. The number of anilines is 1. The van der Waals surface area contributed by atoms with Gasteiger partial charge in [-0.05, 0) is 30.7 Å². The Bertz CT molecular complexity index is 332. The molecule has 0 fully saturated rings. The molecule has 0 aliphatic rings. The Morgan fingerprint density at radius 2 is 1.61 bits per heavy atom. The molecule has 1 rings (SSSR count). The monoisotopic (exact) mass is 271 g/mol. The Labute approximate surface area is 109 Å². The summed E-state index contributed by atoms with van der Waals surface area (Å²) in [5, 5.41) is 12.4. The molecule has 102 valence electrons. The number of rotatable bonds is 8. The van der Waals surface area contributed by atoms with E-state index in [1.165, 1.54) is 0 Å². The summed E-state index contributed by atoms with van der Waals surface area (Å²) in [6.45, 7) is 0.801. The summed E-state index contributed by atoms with van der Waals surface area (Å²) in [5.74, 6) is 0.269. The second kappa shape index (κ2) is 7.37. The molecular weight excluding hydrogens is 250 g/mol. The smallest absolute Gasteiger partial charge is 0.500 e. The molecule has 1 aromatic rings. The number of hydrogen-bond donors (Lipinski definition) is 2. The van der Waals surface area contributed by atoms with Crippen molar-refractivity contribution >= 4 is 14.5 Å². The van der Waals surface area contributed by atoms with Crippen LogP contribution in [0.1, 0.15) is 6.42 Å². The van der Waals surface area contributed by atoms with Crippen molar-refractivity contribution in [2.45, 2.75) is 12.5 Å². The van der Waals surface area contributed by atoms with E-state index in [0.29, 0.717) is 0 Å². The minimum atomic E-state index is -2.44. The summed E-state index contributed by atoms with van der Waals surface area (Å²) in [6, 6.07) is 7.75. The SMILES string of the molecule is CO[Si](CCCNc1ccc(O)cc1)(OC)OC. The van der Waals surface area contributed by atoms with Gasteiger partial charge in [0.25, 0.3) is 0 Å². The van der Waals surface area contributed by atoms with Crippen LogP contribution in [-0.4, -0.2) is 41.8 Å². The van der Waals surface area contributed by atoms with Gasteiger partial charge < -0.3 is 23.7 Å². The van der Waals surface area contributed by atoms with Gasteiger partial charge in [-0.1, -0.05) is 0 Å². The van der Waals surface area contributed by atoms with E-state index in [1.54, 1.807) is 33.5 Å². The number of hydrogen-bond acceptors (Lipinski definition) is 5. The van der Waals surface area contributed by atoms with E-state index < -0.39 is 8.80 Å². The molecule has 0 aromatic heterocycles. The molecule has 0 aliphatic carbocycles. The predicted octanol–water partition coefficient (Wildman–Crippen LogP) is 2.07. The summed E-state index contributed by atoms with van der Waals surface area (Å²) >= 11 is 0. The average Bonchev–Trinajstić information content (AvgIpc) is 2.42. The highest BCUT2D eigenvalue weighted by Crippen LogP contribution is 2.16. The van der Waals surface area contributed by atoms with Crippen molar-refractivity contribution in [1.29, 1.82) is 0 Å². The number of benzene rings is 1. The fourth-order valence-corrected chi connectivity index (χ4v) is 3.40. The van der Waals surface area contributed by atoms with Gasteiger partial charge in [-0.3, -0.25) is 0 Å². The molecule has 2 N–H and O–H groups in total. The van der Waals surface area contributed by atoms with Gasteiger partial charge in [0.2, 0.25) is 0 Å². The van der Waals surface area contributed by atoms with E-state index >= 15 is 0 Å². The lowest BCUT2D eigenvalue weighted by Gasteiger charge is -2.24. The molecule has 18 heavy (non-hydrogen) atoms. The lowest BCUT2D eigenvalue weighted by Crippen LogP contribution is -2.42. The molecule has 1 aromatic carbocycles. The van der Waals surface area contributed by atoms with Crippen molar-refractivity contribution in [2.24, 2.45) is 0 Å². The molecule has 0 bridgehead atoms. The van der Waals surface area contributed by atoms with Gasteiger partial charge >= 0.3 is 8.80 Å². The molecule has 0 amide bonds. The number of nitrogens with one attached hydrogen (secondary N) is 1. The zero-order valence-corrected chi connectivity index (χ0v) is 12.1. The Morgan fingerprint density at radius 3 is 2.11 bits per heavy atom. The summed E-state index contributed by atoms with van der Waals surface area (Å²) in [5.41, 5.74) is 0.979. The molecular formula is C12H21NO4Si. The van der Waals surface area contributed by atoms with Gasteiger partial charge in [-0.25, -0.2) is 0 Å². The van der Waals surface area contributed by atoms with Crippen molar-refractivity contribution in [3.63, 3.8) is 0 Å². The fraction of sp³-hybridized carbons (Fsp3) is 0.500. The van der Waals surface area contributed by atoms with Crippen LogP contribution >= 0.6 is 0 Å². The zero-order valence-electron chi connectivity index (χ0n) is 11.1. The van der Waals surface area contributed by atoms with Crippen molar-refractivity contribution in [1.82, 2.24) is 0 Å². The van der Waals surface area contributed by atoms with Crippen LogP contribution in [-0.2, 0) is 13.3 Å². The summed E-state index contributed by atoms with van der Waals surface area (Å²) < 4.78 is 16.0. The van der Waals surface area contributed by atoms with Crippen molar-refractivity contribution < 1.29 is 18.4 Å². The third-order valence-corrected chi connectivity index (χ3v) is 5.62. The lowest BCUT2D eigenvalue weighted by atomic mass is 10.3. The highest BCUT2D eigenvalue weighted by atomic mass is 28.4. The van der Waals surface area contributed by atoms with E-state index in [2.05, 4.69) is 5.32 Å². The Kier molecular flexibility index (Phi) is 6.13. The van der Waals surface area contributed by atoms with E-state index in [1.807, 2.05) is 12.1 Å². The van der Waals surface area contributed by atoms with Gasteiger partial charge in [-0.2, -0.15) is 0 Å². The minimum absolute atomic E-state index is 0.269. The van der Waals surface area contributed by atoms with Gasteiger partial charge in [0.1, 0.15) is 5.75 Å². The van der Waals surface area contributed by atoms with Crippen LogP contribution in [0.3, 0.4) is 0 Å². The molecule has 0 heterocycles. The topological polar surface area (TPSA) is 60.0 Å². The van der Waals surface area contributed by atoms with E-state index in [9.17, 15) is 0 Å². The zero-order chi connectivity index (χ0) is 13.4. The molecule has 0 radical (unpaired) electrons. The van der Waals surface area contributed by atoms with Crippen LogP contribution in [0.25, 0.3) is 0 Å². The number of phenols is 1. The first kappa shape index (κ1) is 15.0. The molecule has 0 saturated heterocycles. The van der Waals surface area contributed by atoms with Crippen molar-refractivity contribution in [2.75, 3.05) is 33.2 Å². The first-order valence-electron chi connectivity index (χ1n) is 5.84. The predicted molar refractivity (Wildman–Crippen MR) is 72.8 cm³/mol. The van der Waals surface area contributed by atoms with Crippen LogP contribution < -0.4 is 5.32 Å². The van der Waals surface area contributed by atoms with Crippen molar-refractivity contribution in [3.05, 3.63) is 24.3 Å². The maximum Gasteiger partial charge on any atom is 0.500 e. The highest BCUT2D eigenvalue weighted by molar-refractivity contribution is 6.60. The second-order valence-electron chi connectivity index (χ2n) is 3.87. The van der Waals surface area contributed by atoms with Crippen LogP contribution in [0, 0.1) is 0 Å². The van der Waals surface area contributed by atoms with Crippen LogP contribution in [0.15, 0.2) is 24.3 Å². The minimum Gasteiger partial charge on any atom is -0.508 e. The fourth-order valence-electron chi connectivity index (χ4n) is 1.67. The standard InChI is InChI=1S/C12H21NO4Si/c1-15-18(16-2,17-3)10-4-9-13-11-5-7-12(14)8-6-11/h5-8,13-14H,4,9-10H2,1-3H3. The second-order valence-corrected chi connectivity index (χ2v) is 6.96. The Morgan fingerprint density at radius 1 is 1.06 bits per heavy atom. The van der Waals surface area contributed by atoms with Crippen LogP contribution in [0.5, 0.6) is 5.75 Å². The normalized spacial score (nSPS) is 11.5. The summed E-state index contributed by atoms with van der Waals surface area (Å²) in [4.78, 5) is 0. The lowest BCUT2D eigenvalue weighted by molar-refractivity contribution is 0.123. The van der Waals surface area contributed by atoms with Crippen LogP contribution in [0.2, 0.25) is 6.04 Å². The maximum atomic E-state index is 9.16. The van der Waals surface area contributed by atoms with Gasteiger partial charge in [0.05, 0.1) is 0 Å². The third kappa shape index (κ3) is 4.30. The van der Waals surface area contributed by atoms with Gasteiger partial charge in [0, 0.05) is 39.6 Å². The van der Waals surface area contributed by atoms with Gasteiger partial charge in [0.15, 0.2) is 0 Å². The largest absolute Gasteiger partial charge is 0.508 e. The van der Waals surface area contributed by atoms with Crippen LogP contribution in [0.4, 0.5) is 5.69 Å². The number of aromatic hydroxyl groups is 1. The number of phenolic OH excluding ortho intramolecular Hbond substituents is 1. The highest BCUT2D eigenvalue weighted by Gasteiger charge is 2.36.